The van der Waals surface area contributed by atoms with Crippen LogP contribution in [0.15, 0.2) is 47.2 Å². The first kappa shape index (κ1) is 25.0. The second-order valence-corrected chi connectivity index (χ2v) is 10.6. The number of nitrogens with one attached hydrogen (secondary N) is 1. The van der Waals surface area contributed by atoms with Crippen molar-refractivity contribution in [1.29, 1.82) is 0 Å². The third kappa shape index (κ3) is 4.68. The van der Waals surface area contributed by atoms with Crippen LogP contribution in [0.1, 0.15) is 47.0 Å². The highest BCUT2D eigenvalue weighted by atomic mass is 19.4. The van der Waals surface area contributed by atoms with Crippen LogP contribution in [0.4, 0.5) is 24.5 Å². The van der Waals surface area contributed by atoms with Crippen molar-refractivity contribution >= 4 is 22.8 Å². The molecule has 1 N–H and O–H groups in total. The number of aryl methyl sites for hydroxylation is 1. The Kier molecular flexibility index (Phi) is 5.82. The van der Waals surface area contributed by atoms with Crippen LogP contribution in [0.2, 0.25) is 0 Å². The van der Waals surface area contributed by atoms with Gasteiger partial charge in [0.2, 0.25) is 11.7 Å². The first-order valence-electron chi connectivity index (χ1n) is 13.1. The van der Waals surface area contributed by atoms with Gasteiger partial charge < -0.3 is 19.5 Å². The van der Waals surface area contributed by atoms with Crippen molar-refractivity contribution in [3.63, 3.8) is 0 Å². The van der Waals surface area contributed by atoms with Crippen molar-refractivity contribution in [3.8, 4) is 11.4 Å². The van der Waals surface area contributed by atoms with Crippen molar-refractivity contribution in [2.75, 3.05) is 23.3 Å². The maximum Gasteiger partial charge on any atom is 0.522 e. The van der Waals surface area contributed by atoms with E-state index < -0.39 is 12.5 Å². The molecule has 3 aromatic heterocycles. The summed E-state index contributed by atoms with van der Waals surface area (Å²) in [6, 6.07) is 9.34. The summed E-state index contributed by atoms with van der Waals surface area (Å²) >= 11 is 0. The summed E-state index contributed by atoms with van der Waals surface area (Å²) in [5.41, 5.74) is 4.16. The van der Waals surface area contributed by atoms with Gasteiger partial charge in [-0.25, -0.2) is 4.52 Å². The van der Waals surface area contributed by atoms with Gasteiger partial charge >= 0.3 is 6.36 Å². The highest BCUT2D eigenvalue weighted by molar-refractivity contribution is 6.09. The summed E-state index contributed by atoms with van der Waals surface area (Å²) in [5, 5.41) is 11.3. The largest absolute Gasteiger partial charge is 0.522 e. The predicted molar refractivity (Wildman–Crippen MR) is 136 cm³/mol. The molecule has 1 aliphatic carbocycles. The Morgan fingerprint density at radius 2 is 1.90 bits per heavy atom. The maximum absolute atomic E-state index is 13.4. The first-order chi connectivity index (χ1) is 19.2. The Morgan fingerprint density at radius 1 is 1.12 bits per heavy atom. The normalized spacial score (nSPS) is 24.1. The number of rotatable bonds is 6. The van der Waals surface area contributed by atoms with E-state index >= 15 is 0 Å². The lowest BCUT2D eigenvalue weighted by molar-refractivity contribution is -0.352. The van der Waals surface area contributed by atoms with Crippen molar-refractivity contribution in [3.05, 3.63) is 59.7 Å². The molecule has 3 saturated heterocycles. The lowest BCUT2D eigenvalue weighted by atomic mass is 9.82. The van der Waals surface area contributed by atoms with E-state index in [-0.39, 0.29) is 48.6 Å². The van der Waals surface area contributed by atoms with Crippen LogP contribution in [0.5, 0.6) is 0 Å². The van der Waals surface area contributed by atoms with Gasteiger partial charge in [-0.3, -0.25) is 9.53 Å². The van der Waals surface area contributed by atoms with Crippen molar-refractivity contribution in [1.82, 2.24) is 19.8 Å². The number of anilines is 2. The van der Waals surface area contributed by atoms with E-state index in [1.165, 1.54) is 0 Å². The van der Waals surface area contributed by atoms with Crippen LogP contribution in [0.3, 0.4) is 0 Å². The highest BCUT2D eigenvalue weighted by Gasteiger charge is 2.42. The van der Waals surface area contributed by atoms with E-state index in [4.69, 9.17) is 9.26 Å². The highest BCUT2D eigenvalue weighted by Crippen LogP contribution is 2.41. The summed E-state index contributed by atoms with van der Waals surface area (Å²) in [5.74, 6) is -0.0454. The van der Waals surface area contributed by atoms with Gasteiger partial charge in [0.25, 0.3) is 5.91 Å². The number of hydrogen-bond donors (Lipinski definition) is 1. The predicted octanol–water partition coefficient (Wildman–Crippen LogP) is 4.70. The van der Waals surface area contributed by atoms with Gasteiger partial charge in [0.05, 0.1) is 35.6 Å². The van der Waals surface area contributed by atoms with Gasteiger partial charge in [-0.05, 0) is 43.5 Å². The quantitative estimate of drug-likeness (QED) is 0.366. The smallest absolute Gasteiger partial charge is 0.371 e. The zero-order valence-corrected chi connectivity index (χ0v) is 21.4. The van der Waals surface area contributed by atoms with Crippen LogP contribution < -0.4 is 10.2 Å². The molecule has 4 fully saturated rings. The molecule has 0 spiro atoms. The fourth-order valence-electron chi connectivity index (χ4n) is 5.56. The fraction of sp³-hybridized carbons (Fsp3) is 0.407. The zero-order valence-electron chi connectivity index (χ0n) is 21.4. The summed E-state index contributed by atoms with van der Waals surface area (Å²) in [7, 11) is 0. The number of ether oxygens (including phenoxy) is 2. The topological polar surface area (TPSA) is 107 Å². The molecule has 208 valence electrons. The number of carbonyl (C=O) groups is 1. The van der Waals surface area contributed by atoms with Gasteiger partial charge in [0, 0.05) is 48.6 Å². The van der Waals surface area contributed by atoms with Gasteiger partial charge in [0.15, 0.2) is 0 Å². The number of carbonyl (C=O) groups excluding carboxylic acids is 1. The minimum Gasteiger partial charge on any atom is -0.371 e. The van der Waals surface area contributed by atoms with E-state index in [0.29, 0.717) is 22.3 Å². The van der Waals surface area contributed by atoms with Crippen LogP contribution in [-0.2, 0) is 9.47 Å². The lowest BCUT2D eigenvalue weighted by Crippen LogP contribution is -2.57. The molecule has 4 aliphatic rings. The fourth-order valence-corrected chi connectivity index (χ4v) is 5.56. The molecule has 8 rings (SSSR count). The molecule has 4 aromatic rings. The van der Waals surface area contributed by atoms with E-state index in [0.717, 1.165) is 30.8 Å². The van der Waals surface area contributed by atoms with E-state index in [1.807, 2.05) is 31.3 Å². The molecule has 10 nitrogen and oxygen atoms in total. The Hall–Kier alpha value is -3.97. The number of hydrogen-bond acceptors (Lipinski definition) is 8. The average Bonchev–Trinajstić information content (AvgIpc) is 3.53. The Labute approximate surface area is 226 Å². The molecule has 1 aromatic carbocycles. The first-order valence-corrected chi connectivity index (χ1v) is 13.1. The van der Waals surface area contributed by atoms with E-state index in [9.17, 15) is 18.0 Å². The average molecular weight is 555 g/mol. The van der Waals surface area contributed by atoms with Gasteiger partial charge in [-0.1, -0.05) is 17.3 Å². The number of piperidine rings is 1. The van der Waals surface area contributed by atoms with Crippen LogP contribution >= 0.6 is 0 Å². The maximum atomic E-state index is 13.4. The Morgan fingerprint density at radius 3 is 2.65 bits per heavy atom. The Balaban J connectivity index is 1.07. The number of alkyl halides is 3. The van der Waals surface area contributed by atoms with Crippen LogP contribution in [0.25, 0.3) is 16.9 Å². The molecule has 2 unspecified atom stereocenters. The third-order valence-electron chi connectivity index (χ3n) is 7.80. The molecule has 0 radical (unpaired) electrons. The summed E-state index contributed by atoms with van der Waals surface area (Å²) in [6.07, 6.45) is -0.226. The molecule has 13 heteroatoms. The number of amides is 1. The van der Waals surface area contributed by atoms with Crippen molar-refractivity contribution in [2.24, 2.45) is 0 Å². The second-order valence-electron chi connectivity index (χ2n) is 10.6. The molecular formula is C27H25F3N6O4. The number of benzene rings is 1. The van der Waals surface area contributed by atoms with Crippen molar-refractivity contribution < 1.29 is 32.0 Å². The standard InChI is InChI=1S/C27H25F3N6O4/c1-14-2-3-15(24-33-26(40-34-24)16-6-18(7-16)39-27(28,29)30)8-22(14)32-25(37)21-11-31-36-5-4-17(9-23(21)36)35-12-19-10-20(13-35)38-19/h2-5,8-9,11,16,18-20H,6-7,10,12-13H2,1H3,(H,32,37). The minimum atomic E-state index is -4.66. The monoisotopic (exact) mass is 554 g/mol. The second kappa shape index (κ2) is 9.30. The van der Waals surface area contributed by atoms with E-state index in [1.54, 1.807) is 22.8 Å². The molecular weight excluding hydrogens is 529 g/mol. The Bertz CT molecular complexity index is 1580. The summed E-state index contributed by atoms with van der Waals surface area (Å²) in [6.45, 7) is 3.53. The number of aromatic nitrogens is 4. The summed E-state index contributed by atoms with van der Waals surface area (Å²) < 4.78 is 54.0. The molecule has 40 heavy (non-hydrogen) atoms. The lowest BCUT2D eigenvalue weighted by Gasteiger charge is -2.48. The van der Waals surface area contributed by atoms with Crippen LogP contribution in [0, 0.1) is 6.92 Å². The SMILES string of the molecule is Cc1ccc(-c2noc(C3CC(OC(F)(F)F)C3)n2)cc1NC(=O)c1cnn2ccc(N3CC4CC(C3)O4)cc12. The molecule has 1 amide bonds. The number of halogens is 3. The number of fused-ring (bicyclic) bond motifs is 3. The third-order valence-corrected chi connectivity index (χ3v) is 7.80. The summed E-state index contributed by atoms with van der Waals surface area (Å²) in [4.78, 5) is 20.0. The molecule has 3 aliphatic heterocycles. The molecule has 1 saturated carbocycles. The number of pyridine rings is 1. The van der Waals surface area contributed by atoms with Crippen LogP contribution in [-0.4, -0.2) is 63.4 Å². The van der Waals surface area contributed by atoms with Crippen molar-refractivity contribution in [2.45, 2.75) is 56.8 Å². The molecule has 2 atom stereocenters. The zero-order chi connectivity index (χ0) is 27.6. The van der Waals surface area contributed by atoms with Gasteiger partial charge in [-0.2, -0.15) is 10.1 Å². The molecule has 6 heterocycles. The van der Waals surface area contributed by atoms with E-state index in [2.05, 4.69) is 30.2 Å². The number of nitrogens with zero attached hydrogens (tertiary/aromatic N) is 5. The van der Waals surface area contributed by atoms with Gasteiger partial charge in [0.1, 0.15) is 0 Å². The minimum absolute atomic E-state index is 0.157. The number of morpholine rings is 1. The van der Waals surface area contributed by atoms with Gasteiger partial charge in [-0.15, -0.1) is 13.2 Å². The molecule has 2 bridgehead atoms.